The molecule has 1 aliphatic rings. The second-order valence-electron chi connectivity index (χ2n) is 5.12. The number of hydrogen-bond donors (Lipinski definition) is 1. The Morgan fingerprint density at radius 1 is 1.47 bits per heavy atom. The van der Waals surface area contributed by atoms with Crippen LogP contribution in [0, 0.1) is 11.3 Å². The molecule has 0 aromatic rings. The van der Waals surface area contributed by atoms with Gasteiger partial charge in [0.05, 0.1) is 0 Å². The van der Waals surface area contributed by atoms with Gasteiger partial charge in [-0.05, 0) is 32.2 Å². The van der Waals surface area contributed by atoms with Crippen LogP contribution in [0.3, 0.4) is 0 Å². The predicted octanol–water partition coefficient (Wildman–Crippen LogP) is 2.55. The third-order valence-electron chi connectivity index (χ3n) is 3.63. The number of allylic oxidation sites excluding steroid dienone is 1. The van der Waals surface area contributed by atoms with E-state index >= 15 is 0 Å². The van der Waals surface area contributed by atoms with E-state index in [9.17, 15) is 4.79 Å². The Morgan fingerprint density at radius 3 is 2.53 bits per heavy atom. The molecule has 1 unspecified atom stereocenters. The molecule has 0 amide bonds. The summed E-state index contributed by atoms with van der Waals surface area (Å²) in [4.78, 5) is 12.2. The van der Waals surface area contributed by atoms with E-state index in [-0.39, 0.29) is 5.41 Å². The van der Waals surface area contributed by atoms with E-state index < -0.39 is 0 Å². The highest BCUT2D eigenvalue weighted by Crippen LogP contribution is 2.36. The average Bonchev–Trinajstić information content (AvgIpc) is 2.63. The van der Waals surface area contributed by atoms with E-state index in [0.717, 1.165) is 31.5 Å². The Kier molecular flexibility index (Phi) is 4.09. The molecule has 0 radical (unpaired) electrons. The van der Waals surface area contributed by atoms with Gasteiger partial charge >= 0.3 is 0 Å². The lowest BCUT2D eigenvalue weighted by atomic mass is 9.71. The van der Waals surface area contributed by atoms with Gasteiger partial charge in [0.1, 0.15) is 5.78 Å². The van der Waals surface area contributed by atoms with Crippen LogP contribution in [-0.2, 0) is 4.79 Å². The first-order chi connectivity index (χ1) is 6.99. The summed E-state index contributed by atoms with van der Waals surface area (Å²) in [5.41, 5.74) is 1.00. The number of Topliss-reactive ketones (excluding diaryl/α,β-unsaturated/α-hetero) is 1. The first-order valence-electron chi connectivity index (χ1n) is 5.87. The van der Waals surface area contributed by atoms with Gasteiger partial charge in [0, 0.05) is 18.4 Å². The van der Waals surface area contributed by atoms with Crippen LogP contribution in [-0.4, -0.2) is 18.9 Å². The fourth-order valence-corrected chi connectivity index (χ4v) is 2.34. The summed E-state index contributed by atoms with van der Waals surface area (Å²) in [5, 5.41) is 3.32. The van der Waals surface area contributed by atoms with Crippen molar-refractivity contribution in [2.75, 3.05) is 13.1 Å². The SMILES string of the molecule is C=C(C)CCC(=O)C1(C(C)C)CCNC1. The highest BCUT2D eigenvalue weighted by molar-refractivity contribution is 5.85. The molecular formula is C13H23NO. The van der Waals surface area contributed by atoms with Gasteiger partial charge in [-0.2, -0.15) is 0 Å². The van der Waals surface area contributed by atoms with Crippen molar-refractivity contribution in [3.05, 3.63) is 12.2 Å². The molecule has 1 fully saturated rings. The minimum absolute atomic E-state index is 0.102. The Bertz CT molecular complexity index is 249. The van der Waals surface area contributed by atoms with Crippen LogP contribution in [0.2, 0.25) is 0 Å². The summed E-state index contributed by atoms with van der Waals surface area (Å²) in [6.07, 6.45) is 2.50. The maximum absolute atomic E-state index is 12.2. The number of hydrogen-bond acceptors (Lipinski definition) is 2. The number of nitrogens with one attached hydrogen (secondary N) is 1. The first kappa shape index (κ1) is 12.4. The summed E-state index contributed by atoms with van der Waals surface area (Å²) >= 11 is 0. The number of carbonyl (C=O) groups is 1. The van der Waals surface area contributed by atoms with E-state index in [2.05, 4.69) is 25.7 Å². The molecule has 2 heteroatoms. The van der Waals surface area contributed by atoms with Crippen molar-refractivity contribution in [2.45, 2.75) is 40.0 Å². The molecule has 15 heavy (non-hydrogen) atoms. The van der Waals surface area contributed by atoms with Gasteiger partial charge in [-0.3, -0.25) is 4.79 Å². The second kappa shape index (κ2) is 4.93. The molecule has 0 aliphatic carbocycles. The van der Waals surface area contributed by atoms with Crippen molar-refractivity contribution >= 4 is 5.78 Å². The van der Waals surface area contributed by atoms with Gasteiger partial charge in [-0.25, -0.2) is 0 Å². The van der Waals surface area contributed by atoms with E-state index in [4.69, 9.17) is 0 Å². The molecule has 2 nitrogen and oxygen atoms in total. The minimum atomic E-state index is -0.102. The molecule has 1 atom stereocenters. The van der Waals surface area contributed by atoms with Crippen molar-refractivity contribution in [3.63, 3.8) is 0 Å². The van der Waals surface area contributed by atoms with Crippen LogP contribution >= 0.6 is 0 Å². The zero-order chi connectivity index (χ0) is 11.5. The summed E-state index contributed by atoms with van der Waals surface area (Å²) in [7, 11) is 0. The number of rotatable bonds is 5. The Labute approximate surface area is 93.1 Å². The van der Waals surface area contributed by atoms with Gasteiger partial charge in [0.2, 0.25) is 0 Å². The lowest BCUT2D eigenvalue weighted by molar-refractivity contribution is -0.130. The van der Waals surface area contributed by atoms with Gasteiger partial charge in [0.25, 0.3) is 0 Å². The number of carbonyl (C=O) groups excluding carboxylic acids is 1. The van der Waals surface area contributed by atoms with Crippen LogP contribution in [0.15, 0.2) is 12.2 Å². The Hall–Kier alpha value is -0.630. The molecule has 0 bridgehead atoms. The summed E-state index contributed by atoms with van der Waals surface area (Å²) in [6, 6.07) is 0. The van der Waals surface area contributed by atoms with Gasteiger partial charge in [0.15, 0.2) is 0 Å². The maximum atomic E-state index is 12.2. The molecular weight excluding hydrogens is 186 g/mol. The second-order valence-corrected chi connectivity index (χ2v) is 5.12. The van der Waals surface area contributed by atoms with Crippen LogP contribution < -0.4 is 5.32 Å². The average molecular weight is 209 g/mol. The van der Waals surface area contributed by atoms with Gasteiger partial charge in [-0.15, -0.1) is 6.58 Å². The molecule has 1 N–H and O–H groups in total. The fraction of sp³-hybridized carbons (Fsp3) is 0.769. The predicted molar refractivity (Wildman–Crippen MR) is 63.8 cm³/mol. The molecule has 1 aliphatic heterocycles. The molecule has 0 saturated carbocycles. The molecule has 1 rings (SSSR count). The molecule has 1 heterocycles. The van der Waals surface area contributed by atoms with Crippen LogP contribution in [0.1, 0.15) is 40.0 Å². The maximum Gasteiger partial charge on any atom is 0.140 e. The standard InChI is InChI=1S/C13H23NO/c1-10(2)5-6-12(15)13(11(3)4)7-8-14-9-13/h11,14H,1,5-9H2,2-4H3. The molecule has 0 aromatic carbocycles. The quantitative estimate of drug-likeness (QED) is 0.705. The van der Waals surface area contributed by atoms with Crippen molar-refractivity contribution < 1.29 is 4.79 Å². The Balaban J connectivity index is 2.64. The third-order valence-corrected chi connectivity index (χ3v) is 3.63. The topological polar surface area (TPSA) is 29.1 Å². The van der Waals surface area contributed by atoms with Crippen LogP contribution in [0.25, 0.3) is 0 Å². The van der Waals surface area contributed by atoms with Crippen molar-refractivity contribution in [2.24, 2.45) is 11.3 Å². The Morgan fingerprint density at radius 2 is 2.13 bits per heavy atom. The summed E-state index contributed by atoms with van der Waals surface area (Å²) in [6.45, 7) is 12.0. The smallest absolute Gasteiger partial charge is 0.140 e. The molecule has 0 aromatic heterocycles. The first-order valence-corrected chi connectivity index (χ1v) is 5.87. The van der Waals surface area contributed by atoms with E-state index in [0.29, 0.717) is 18.1 Å². The van der Waals surface area contributed by atoms with E-state index in [1.54, 1.807) is 0 Å². The van der Waals surface area contributed by atoms with Crippen LogP contribution in [0.4, 0.5) is 0 Å². The molecule has 1 saturated heterocycles. The fourth-order valence-electron chi connectivity index (χ4n) is 2.34. The van der Waals surface area contributed by atoms with Crippen molar-refractivity contribution in [1.29, 1.82) is 0 Å². The summed E-state index contributed by atoms with van der Waals surface area (Å²) in [5.74, 6) is 0.857. The van der Waals surface area contributed by atoms with Crippen LogP contribution in [0.5, 0.6) is 0 Å². The van der Waals surface area contributed by atoms with Gasteiger partial charge < -0.3 is 5.32 Å². The highest BCUT2D eigenvalue weighted by Gasteiger charge is 2.42. The third kappa shape index (κ3) is 2.69. The number of ketones is 1. The lowest BCUT2D eigenvalue weighted by Crippen LogP contribution is -2.38. The zero-order valence-electron chi connectivity index (χ0n) is 10.2. The van der Waals surface area contributed by atoms with E-state index in [1.807, 2.05) is 6.92 Å². The molecule has 86 valence electrons. The largest absolute Gasteiger partial charge is 0.316 e. The summed E-state index contributed by atoms with van der Waals surface area (Å²) < 4.78 is 0. The minimum Gasteiger partial charge on any atom is -0.316 e. The molecule has 0 spiro atoms. The highest BCUT2D eigenvalue weighted by atomic mass is 16.1. The van der Waals surface area contributed by atoms with Crippen molar-refractivity contribution in [1.82, 2.24) is 5.32 Å². The van der Waals surface area contributed by atoms with E-state index in [1.165, 1.54) is 0 Å². The van der Waals surface area contributed by atoms with Crippen molar-refractivity contribution in [3.8, 4) is 0 Å². The van der Waals surface area contributed by atoms with Gasteiger partial charge in [-0.1, -0.05) is 19.4 Å². The monoisotopic (exact) mass is 209 g/mol. The zero-order valence-corrected chi connectivity index (χ0v) is 10.2. The normalized spacial score (nSPS) is 25.9. The lowest BCUT2D eigenvalue weighted by Gasteiger charge is -2.31.